The second-order valence-electron chi connectivity index (χ2n) is 7.50. The van der Waals surface area contributed by atoms with Gasteiger partial charge in [0.15, 0.2) is 18.1 Å². The number of hydrogen-bond donors (Lipinski definition) is 1. The van der Waals surface area contributed by atoms with Crippen LogP contribution < -0.4 is 9.47 Å². The number of benzene rings is 1. The first kappa shape index (κ1) is 25.1. The summed E-state index contributed by atoms with van der Waals surface area (Å²) in [4.78, 5) is 51.7. The Kier molecular flexibility index (Phi) is 8.79. The molecule has 2 aliphatic rings. The summed E-state index contributed by atoms with van der Waals surface area (Å²) in [5, 5.41) is 8.37. The fourth-order valence-electron chi connectivity index (χ4n) is 3.51. The number of carboxylic acid groups (broad SMARTS) is 1. The monoisotopic (exact) mass is 540 g/mol. The molecule has 11 heteroatoms. The Balaban J connectivity index is 1.78. The summed E-state index contributed by atoms with van der Waals surface area (Å²) in [7, 11) is 0. The first-order chi connectivity index (χ1) is 15.8. The zero-order valence-electron chi connectivity index (χ0n) is 18.2. The summed E-state index contributed by atoms with van der Waals surface area (Å²) in [5.41, 5.74) is 0.547. The van der Waals surface area contributed by atoms with Crippen LogP contribution in [0.25, 0.3) is 6.08 Å². The van der Waals surface area contributed by atoms with E-state index >= 15 is 0 Å². The van der Waals surface area contributed by atoms with Crippen LogP contribution in [0, 0.1) is 0 Å². The second-order valence-corrected chi connectivity index (χ2v) is 9.35. The molecule has 1 aromatic carbocycles. The van der Waals surface area contributed by atoms with Crippen molar-refractivity contribution in [2.45, 2.75) is 32.6 Å². The number of likely N-dealkylation sites (tertiary alicyclic amines) is 1. The third-order valence-electron chi connectivity index (χ3n) is 5.13. The summed E-state index contributed by atoms with van der Waals surface area (Å²) >= 11 is 4.16. The lowest BCUT2D eigenvalue weighted by Crippen LogP contribution is -2.42. The van der Waals surface area contributed by atoms with Crippen LogP contribution in [0.15, 0.2) is 21.5 Å². The zero-order chi connectivity index (χ0) is 24.0. The molecule has 2 heterocycles. The molecule has 1 N–H and O–H groups in total. The lowest BCUT2D eigenvalue weighted by molar-refractivity contribution is -0.139. The van der Waals surface area contributed by atoms with Crippen molar-refractivity contribution in [3.8, 4) is 11.5 Å². The van der Waals surface area contributed by atoms with E-state index in [0.29, 0.717) is 35.5 Å². The van der Waals surface area contributed by atoms with E-state index in [4.69, 9.17) is 14.6 Å². The van der Waals surface area contributed by atoms with Crippen molar-refractivity contribution in [3.05, 3.63) is 27.1 Å². The molecule has 0 saturated carbocycles. The van der Waals surface area contributed by atoms with Gasteiger partial charge >= 0.3 is 5.97 Å². The normalized spacial score (nSPS) is 17.9. The van der Waals surface area contributed by atoms with Crippen LogP contribution in [-0.4, -0.2) is 70.8 Å². The van der Waals surface area contributed by atoms with Crippen LogP contribution in [0.1, 0.15) is 38.2 Å². The highest BCUT2D eigenvalue weighted by molar-refractivity contribution is 9.10. The molecule has 0 spiro atoms. The van der Waals surface area contributed by atoms with Crippen LogP contribution in [0.2, 0.25) is 0 Å². The topological polar surface area (TPSA) is 113 Å². The van der Waals surface area contributed by atoms with Gasteiger partial charge in [-0.3, -0.25) is 19.3 Å². The highest BCUT2D eigenvalue weighted by atomic mass is 79.9. The molecule has 9 nitrogen and oxygen atoms in total. The molecule has 0 aromatic heterocycles. The van der Waals surface area contributed by atoms with E-state index in [9.17, 15) is 19.2 Å². The standard InChI is InChI=1S/C22H25BrN2O7S/c1-2-31-16-9-14(15(23)11-17(16)32-13-20(27)28)10-18-21(29)25(22(30)33-18)12-19(26)24-7-5-3-4-6-8-24/h9-11H,2-8,12-13H2,1H3,(H,27,28). The number of amides is 3. The highest BCUT2D eigenvalue weighted by Gasteiger charge is 2.37. The Morgan fingerprint density at radius 1 is 1.12 bits per heavy atom. The third kappa shape index (κ3) is 6.50. The van der Waals surface area contributed by atoms with Gasteiger partial charge in [0.2, 0.25) is 5.91 Å². The van der Waals surface area contributed by atoms with Crippen molar-refractivity contribution < 1.29 is 33.8 Å². The lowest BCUT2D eigenvalue weighted by atomic mass is 10.1. The van der Waals surface area contributed by atoms with Crippen LogP contribution in [0.5, 0.6) is 11.5 Å². The molecule has 1 aromatic rings. The van der Waals surface area contributed by atoms with E-state index < -0.39 is 23.7 Å². The minimum absolute atomic E-state index is 0.186. The van der Waals surface area contributed by atoms with Crippen molar-refractivity contribution in [3.63, 3.8) is 0 Å². The second kappa shape index (κ2) is 11.6. The molecule has 2 saturated heterocycles. The zero-order valence-corrected chi connectivity index (χ0v) is 20.6. The number of nitrogens with zero attached hydrogens (tertiary/aromatic N) is 2. The average Bonchev–Trinajstić information content (AvgIpc) is 2.96. The van der Waals surface area contributed by atoms with Crippen molar-refractivity contribution >= 4 is 56.8 Å². The largest absolute Gasteiger partial charge is 0.490 e. The Morgan fingerprint density at radius 2 is 1.79 bits per heavy atom. The van der Waals surface area contributed by atoms with Crippen molar-refractivity contribution in [2.24, 2.45) is 0 Å². The molecular formula is C22H25BrN2O7S. The predicted molar refractivity (Wildman–Crippen MR) is 126 cm³/mol. The number of carboxylic acids is 1. The predicted octanol–water partition coefficient (Wildman–Crippen LogP) is 3.75. The molecular weight excluding hydrogens is 516 g/mol. The Hall–Kier alpha value is -2.53. The fourth-order valence-corrected chi connectivity index (χ4v) is 4.78. The first-order valence-corrected chi connectivity index (χ1v) is 12.2. The van der Waals surface area contributed by atoms with Crippen molar-refractivity contribution in [1.82, 2.24) is 9.80 Å². The molecule has 2 fully saturated rings. The maximum absolute atomic E-state index is 12.9. The van der Waals surface area contributed by atoms with Gasteiger partial charge in [0, 0.05) is 17.6 Å². The van der Waals surface area contributed by atoms with Gasteiger partial charge in [-0.1, -0.05) is 28.8 Å². The number of ether oxygens (including phenoxy) is 2. The highest BCUT2D eigenvalue weighted by Crippen LogP contribution is 2.38. The summed E-state index contributed by atoms with van der Waals surface area (Å²) in [6.45, 7) is 2.59. The number of hydrogen-bond acceptors (Lipinski definition) is 7. The fraction of sp³-hybridized carbons (Fsp3) is 0.455. The molecule has 0 atom stereocenters. The Labute approximate surface area is 204 Å². The van der Waals surface area contributed by atoms with Gasteiger partial charge in [-0.15, -0.1) is 0 Å². The number of rotatable bonds is 8. The number of thioether (sulfide) groups is 1. The number of imide groups is 1. The van der Waals surface area contributed by atoms with E-state index in [1.54, 1.807) is 24.0 Å². The molecule has 0 bridgehead atoms. The van der Waals surface area contributed by atoms with Gasteiger partial charge in [0.25, 0.3) is 11.1 Å². The summed E-state index contributed by atoms with van der Waals surface area (Å²) in [6, 6.07) is 3.15. The quantitative estimate of drug-likeness (QED) is 0.496. The van der Waals surface area contributed by atoms with E-state index in [-0.39, 0.29) is 23.1 Å². The van der Waals surface area contributed by atoms with Crippen LogP contribution in [0.4, 0.5) is 4.79 Å². The van der Waals surface area contributed by atoms with Gasteiger partial charge in [0.1, 0.15) is 6.54 Å². The number of carbonyl (C=O) groups is 4. The van der Waals surface area contributed by atoms with Crippen molar-refractivity contribution in [2.75, 3.05) is 32.8 Å². The summed E-state index contributed by atoms with van der Waals surface area (Å²) in [5.74, 6) is -1.33. The number of carbonyl (C=O) groups excluding carboxylic acids is 3. The molecule has 2 aliphatic heterocycles. The maximum Gasteiger partial charge on any atom is 0.341 e. The minimum atomic E-state index is -1.12. The van der Waals surface area contributed by atoms with Gasteiger partial charge in [-0.05, 0) is 55.3 Å². The van der Waals surface area contributed by atoms with Crippen molar-refractivity contribution in [1.29, 1.82) is 0 Å². The van der Waals surface area contributed by atoms with Gasteiger partial charge in [0.05, 0.1) is 11.5 Å². The Morgan fingerprint density at radius 3 is 2.42 bits per heavy atom. The smallest absolute Gasteiger partial charge is 0.341 e. The molecule has 3 rings (SSSR count). The molecule has 0 radical (unpaired) electrons. The van der Waals surface area contributed by atoms with E-state index in [1.165, 1.54) is 6.08 Å². The molecule has 3 amide bonds. The molecule has 0 unspecified atom stereocenters. The van der Waals surface area contributed by atoms with Gasteiger partial charge in [-0.25, -0.2) is 4.79 Å². The first-order valence-electron chi connectivity index (χ1n) is 10.6. The van der Waals surface area contributed by atoms with Gasteiger partial charge in [-0.2, -0.15) is 0 Å². The summed E-state index contributed by atoms with van der Waals surface area (Å²) in [6.07, 6.45) is 5.54. The number of halogens is 1. The SMILES string of the molecule is CCOc1cc(C=C2SC(=O)N(CC(=O)N3CCCCCC3)C2=O)c(Br)cc1OCC(=O)O. The lowest BCUT2D eigenvalue weighted by Gasteiger charge is -2.22. The van der Waals surface area contributed by atoms with Gasteiger partial charge < -0.3 is 19.5 Å². The van der Waals surface area contributed by atoms with Crippen LogP contribution in [-0.2, 0) is 14.4 Å². The molecule has 0 aliphatic carbocycles. The average molecular weight is 541 g/mol. The van der Waals surface area contributed by atoms with E-state index in [2.05, 4.69) is 15.9 Å². The minimum Gasteiger partial charge on any atom is -0.490 e. The third-order valence-corrected chi connectivity index (χ3v) is 6.72. The number of aliphatic carboxylic acids is 1. The van der Waals surface area contributed by atoms with E-state index in [0.717, 1.165) is 42.3 Å². The van der Waals surface area contributed by atoms with Crippen LogP contribution in [0.3, 0.4) is 0 Å². The molecule has 178 valence electrons. The van der Waals surface area contributed by atoms with E-state index in [1.807, 2.05) is 0 Å². The van der Waals surface area contributed by atoms with Crippen LogP contribution >= 0.6 is 27.7 Å². The maximum atomic E-state index is 12.9. The summed E-state index contributed by atoms with van der Waals surface area (Å²) < 4.78 is 11.3. The Bertz CT molecular complexity index is 974. The molecule has 33 heavy (non-hydrogen) atoms.